The average Bonchev–Trinajstić information content (AvgIpc) is 2.68. The zero-order chi connectivity index (χ0) is 12.4. The van der Waals surface area contributed by atoms with Gasteiger partial charge in [0.2, 0.25) is 0 Å². The lowest BCUT2D eigenvalue weighted by Crippen LogP contribution is -2.18. The monoisotopic (exact) mass is 235 g/mol. The molecule has 92 valence electrons. The molecule has 1 atom stereocenters. The first-order chi connectivity index (χ1) is 8.15. The molecular formula is C13H17NO3. The van der Waals surface area contributed by atoms with Crippen LogP contribution in [0.15, 0.2) is 12.1 Å². The number of carbonyl (C=O) groups is 1. The molecule has 1 aromatic rings. The molecule has 0 bridgehead atoms. The molecule has 1 aliphatic rings. The maximum Gasteiger partial charge on any atom is 0.176 e. The second-order valence-electron chi connectivity index (χ2n) is 4.25. The number of Topliss-reactive ketones (excluding diaryl/α,β-unsaturated/α-hetero) is 1. The highest BCUT2D eigenvalue weighted by molar-refractivity contribution is 5.98. The molecule has 0 fully saturated rings. The molecular weight excluding hydrogens is 218 g/mol. The van der Waals surface area contributed by atoms with E-state index in [9.17, 15) is 4.79 Å². The maximum absolute atomic E-state index is 11.8. The van der Waals surface area contributed by atoms with Crippen LogP contribution in [0.5, 0.6) is 11.5 Å². The number of carbonyl (C=O) groups excluding carboxylic acids is 1. The van der Waals surface area contributed by atoms with E-state index in [0.717, 1.165) is 17.7 Å². The molecule has 0 amide bonds. The summed E-state index contributed by atoms with van der Waals surface area (Å²) in [6, 6.07) is 3.65. The van der Waals surface area contributed by atoms with Gasteiger partial charge in [-0.1, -0.05) is 0 Å². The Labute approximate surface area is 101 Å². The number of fused-ring (bicyclic) bond motifs is 1. The van der Waals surface area contributed by atoms with E-state index in [2.05, 4.69) is 5.32 Å². The van der Waals surface area contributed by atoms with Crippen molar-refractivity contribution >= 4 is 5.78 Å². The van der Waals surface area contributed by atoms with Gasteiger partial charge < -0.3 is 14.8 Å². The van der Waals surface area contributed by atoms with Gasteiger partial charge in [0, 0.05) is 17.5 Å². The van der Waals surface area contributed by atoms with Crippen LogP contribution in [0.3, 0.4) is 0 Å². The number of methoxy groups -OCH3 is 1. The first kappa shape index (κ1) is 11.9. The van der Waals surface area contributed by atoms with Crippen LogP contribution in [0, 0.1) is 0 Å². The van der Waals surface area contributed by atoms with E-state index in [1.165, 1.54) is 0 Å². The van der Waals surface area contributed by atoms with Crippen LogP contribution in [0.2, 0.25) is 0 Å². The number of rotatable bonds is 4. The van der Waals surface area contributed by atoms with Gasteiger partial charge in [0.1, 0.15) is 6.10 Å². The quantitative estimate of drug-likeness (QED) is 0.802. The van der Waals surface area contributed by atoms with Gasteiger partial charge in [-0.2, -0.15) is 0 Å². The van der Waals surface area contributed by atoms with Crippen molar-refractivity contribution in [2.75, 3.05) is 20.7 Å². The Morgan fingerprint density at radius 1 is 1.59 bits per heavy atom. The van der Waals surface area contributed by atoms with Crippen molar-refractivity contribution < 1.29 is 14.3 Å². The number of hydrogen-bond donors (Lipinski definition) is 1. The lowest BCUT2D eigenvalue weighted by molar-refractivity contribution is 0.0993. The molecule has 0 spiro atoms. The molecule has 4 nitrogen and oxygen atoms in total. The van der Waals surface area contributed by atoms with Gasteiger partial charge in [-0.15, -0.1) is 0 Å². The first-order valence-corrected chi connectivity index (χ1v) is 5.71. The van der Waals surface area contributed by atoms with Crippen molar-refractivity contribution in [1.82, 2.24) is 5.32 Å². The smallest absolute Gasteiger partial charge is 0.176 e. The molecule has 0 aliphatic carbocycles. The van der Waals surface area contributed by atoms with Gasteiger partial charge in [-0.25, -0.2) is 0 Å². The topological polar surface area (TPSA) is 47.6 Å². The van der Waals surface area contributed by atoms with E-state index >= 15 is 0 Å². The average molecular weight is 235 g/mol. The highest BCUT2D eigenvalue weighted by atomic mass is 16.5. The molecule has 0 saturated carbocycles. The fourth-order valence-corrected chi connectivity index (χ4v) is 2.07. The Morgan fingerprint density at radius 3 is 3.00 bits per heavy atom. The minimum absolute atomic E-state index is 0.0631. The van der Waals surface area contributed by atoms with Crippen molar-refractivity contribution in [3.8, 4) is 11.5 Å². The summed E-state index contributed by atoms with van der Waals surface area (Å²) in [5.74, 6) is 1.49. The van der Waals surface area contributed by atoms with Gasteiger partial charge >= 0.3 is 0 Å². The molecule has 1 N–H and O–H groups in total. The van der Waals surface area contributed by atoms with Crippen LogP contribution >= 0.6 is 0 Å². The van der Waals surface area contributed by atoms with E-state index in [-0.39, 0.29) is 11.9 Å². The van der Waals surface area contributed by atoms with Crippen molar-refractivity contribution in [2.24, 2.45) is 0 Å². The van der Waals surface area contributed by atoms with Crippen LogP contribution in [0.1, 0.15) is 22.8 Å². The van der Waals surface area contributed by atoms with E-state index in [1.807, 2.05) is 13.0 Å². The number of hydrogen-bond acceptors (Lipinski definition) is 4. The van der Waals surface area contributed by atoms with Crippen LogP contribution in [-0.4, -0.2) is 32.6 Å². The third-order valence-corrected chi connectivity index (χ3v) is 2.84. The fourth-order valence-electron chi connectivity index (χ4n) is 2.07. The zero-order valence-corrected chi connectivity index (χ0v) is 10.4. The number of benzene rings is 1. The maximum atomic E-state index is 11.8. The molecule has 4 heteroatoms. The van der Waals surface area contributed by atoms with Crippen LogP contribution in [0.25, 0.3) is 0 Å². The second kappa shape index (κ2) is 4.75. The summed E-state index contributed by atoms with van der Waals surface area (Å²) >= 11 is 0. The van der Waals surface area contributed by atoms with Gasteiger partial charge in [0.05, 0.1) is 13.7 Å². The van der Waals surface area contributed by atoms with Gasteiger partial charge in [0.15, 0.2) is 17.3 Å². The minimum atomic E-state index is 0.0631. The van der Waals surface area contributed by atoms with E-state index in [4.69, 9.17) is 9.47 Å². The van der Waals surface area contributed by atoms with Crippen LogP contribution in [0.4, 0.5) is 0 Å². The van der Waals surface area contributed by atoms with Crippen molar-refractivity contribution in [1.29, 1.82) is 0 Å². The molecule has 2 rings (SSSR count). The molecule has 1 unspecified atom stereocenters. The second-order valence-corrected chi connectivity index (χ2v) is 4.25. The Bertz CT molecular complexity index is 443. The Balaban J connectivity index is 2.38. The first-order valence-electron chi connectivity index (χ1n) is 5.71. The SMILES string of the molecule is CNCC(=O)c1cc2c(c(OC)c1)OC(C)C2. The predicted octanol–water partition coefficient (Wildman–Crippen LogP) is 1.42. The van der Waals surface area contributed by atoms with Crippen molar-refractivity contribution in [3.63, 3.8) is 0 Å². The van der Waals surface area contributed by atoms with Crippen LogP contribution in [-0.2, 0) is 6.42 Å². The number of ketones is 1. The van der Waals surface area contributed by atoms with Gasteiger partial charge in [0.25, 0.3) is 0 Å². The van der Waals surface area contributed by atoms with Crippen molar-refractivity contribution in [2.45, 2.75) is 19.4 Å². The molecule has 17 heavy (non-hydrogen) atoms. The highest BCUT2D eigenvalue weighted by Gasteiger charge is 2.24. The largest absolute Gasteiger partial charge is 0.493 e. The standard InChI is InChI=1S/C13H17NO3/c1-8-4-10-5-9(11(15)7-14-2)6-12(16-3)13(10)17-8/h5-6,8,14H,4,7H2,1-3H3. The lowest BCUT2D eigenvalue weighted by atomic mass is 10.0. The molecule has 0 radical (unpaired) electrons. The zero-order valence-electron chi connectivity index (χ0n) is 10.4. The number of ether oxygens (including phenoxy) is 2. The molecule has 1 aliphatic heterocycles. The summed E-state index contributed by atoms with van der Waals surface area (Å²) in [7, 11) is 3.35. The Kier molecular flexibility index (Phi) is 3.33. The third kappa shape index (κ3) is 2.26. The summed E-state index contributed by atoms with van der Waals surface area (Å²) in [6.45, 7) is 2.34. The predicted molar refractivity (Wildman–Crippen MR) is 65.0 cm³/mol. The normalized spacial score (nSPS) is 17.5. The summed E-state index contributed by atoms with van der Waals surface area (Å²) < 4.78 is 10.9. The highest BCUT2D eigenvalue weighted by Crippen LogP contribution is 2.38. The summed E-state index contributed by atoms with van der Waals surface area (Å²) in [5.41, 5.74) is 1.73. The summed E-state index contributed by atoms with van der Waals surface area (Å²) in [6.07, 6.45) is 0.973. The van der Waals surface area contributed by atoms with E-state index in [1.54, 1.807) is 20.2 Å². The lowest BCUT2D eigenvalue weighted by Gasteiger charge is -2.10. The molecule has 0 saturated heterocycles. The van der Waals surface area contributed by atoms with Gasteiger partial charge in [-0.05, 0) is 26.1 Å². The summed E-state index contributed by atoms with van der Waals surface area (Å²) in [5, 5.41) is 2.86. The van der Waals surface area contributed by atoms with Crippen LogP contribution < -0.4 is 14.8 Å². The fraction of sp³-hybridized carbons (Fsp3) is 0.462. The van der Waals surface area contributed by atoms with E-state index in [0.29, 0.717) is 17.9 Å². The third-order valence-electron chi connectivity index (χ3n) is 2.84. The number of nitrogens with one attached hydrogen (secondary N) is 1. The van der Waals surface area contributed by atoms with Crippen molar-refractivity contribution in [3.05, 3.63) is 23.3 Å². The molecule has 0 aromatic heterocycles. The number of likely N-dealkylation sites (N-methyl/N-ethyl adjacent to an activating group) is 1. The Hall–Kier alpha value is -1.55. The molecule has 1 heterocycles. The van der Waals surface area contributed by atoms with Gasteiger partial charge in [-0.3, -0.25) is 4.79 Å². The summed E-state index contributed by atoms with van der Waals surface area (Å²) in [4.78, 5) is 11.8. The molecule has 1 aromatic carbocycles. The Morgan fingerprint density at radius 2 is 2.35 bits per heavy atom. The minimum Gasteiger partial charge on any atom is -0.493 e. The van der Waals surface area contributed by atoms with E-state index < -0.39 is 0 Å².